The third-order valence-electron chi connectivity index (χ3n) is 4.46. The van der Waals surface area contributed by atoms with Crippen LogP contribution >= 0.6 is 11.6 Å². The van der Waals surface area contributed by atoms with E-state index in [2.05, 4.69) is 4.98 Å². The molecule has 5 heteroatoms. The Morgan fingerprint density at radius 2 is 2.08 bits per heavy atom. The molecule has 1 saturated carbocycles. The number of nitrogens with zero attached hydrogens (tertiary/aromatic N) is 1. The number of hydrogen-bond acceptors (Lipinski definition) is 4. The van der Waals surface area contributed by atoms with Gasteiger partial charge in [0, 0.05) is 5.92 Å². The number of hydrogen-bond donors (Lipinski definition) is 0. The van der Waals surface area contributed by atoms with Crippen molar-refractivity contribution in [2.45, 2.75) is 18.8 Å². The van der Waals surface area contributed by atoms with Gasteiger partial charge >= 0.3 is 5.97 Å². The third kappa shape index (κ3) is 3.54. The van der Waals surface area contributed by atoms with Crippen LogP contribution in [0.15, 0.2) is 48.5 Å². The zero-order chi connectivity index (χ0) is 17.9. The molecule has 2 aromatic rings. The minimum atomic E-state index is -0.732. The van der Waals surface area contributed by atoms with Crippen molar-refractivity contribution in [2.24, 2.45) is 5.92 Å². The van der Waals surface area contributed by atoms with Crippen molar-refractivity contribution in [1.82, 2.24) is 4.98 Å². The van der Waals surface area contributed by atoms with Gasteiger partial charge in [-0.15, -0.1) is 0 Å². The first-order chi connectivity index (χ1) is 12.1. The molecular weight excluding hydrogens is 338 g/mol. The standard InChI is InChI=1S/C20H20ClNO3/c1-3-25-19(23)20(17-5-4-6-18(21)22-17)13-15(20)10-7-14-8-11-16(24-2)12-9-14/h4-12,15H,3,13H2,1-2H3/b10-7+. The summed E-state index contributed by atoms with van der Waals surface area (Å²) in [6.45, 7) is 2.15. The lowest BCUT2D eigenvalue weighted by atomic mass is 9.97. The zero-order valence-electron chi connectivity index (χ0n) is 14.2. The van der Waals surface area contributed by atoms with Crippen LogP contribution in [-0.2, 0) is 14.9 Å². The molecule has 0 radical (unpaired) electrons. The van der Waals surface area contributed by atoms with Gasteiger partial charge in [0.2, 0.25) is 0 Å². The molecule has 1 heterocycles. The molecule has 0 spiro atoms. The van der Waals surface area contributed by atoms with Crippen LogP contribution < -0.4 is 4.74 Å². The number of esters is 1. The summed E-state index contributed by atoms with van der Waals surface area (Å²) < 4.78 is 10.5. The van der Waals surface area contributed by atoms with Gasteiger partial charge in [0.25, 0.3) is 0 Å². The second-order valence-electron chi connectivity index (χ2n) is 5.98. The van der Waals surface area contributed by atoms with Gasteiger partial charge < -0.3 is 9.47 Å². The van der Waals surface area contributed by atoms with Crippen LogP contribution in [0.2, 0.25) is 5.15 Å². The molecular formula is C20H20ClNO3. The maximum atomic E-state index is 12.6. The summed E-state index contributed by atoms with van der Waals surface area (Å²) in [7, 11) is 1.64. The quantitative estimate of drug-likeness (QED) is 0.572. The predicted molar refractivity (Wildman–Crippen MR) is 97.7 cm³/mol. The van der Waals surface area contributed by atoms with Crippen molar-refractivity contribution < 1.29 is 14.3 Å². The number of methoxy groups -OCH3 is 1. The normalized spacial score (nSPS) is 22.0. The lowest BCUT2D eigenvalue weighted by molar-refractivity contribution is -0.146. The highest BCUT2D eigenvalue weighted by Crippen LogP contribution is 2.55. The van der Waals surface area contributed by atoms with E-state index >= 15 is 0 Å². The number of aromatic nitrogens is 1. The second-order valence-corrected chi connectivity index (χ2v) is 6.37. The lowest BCUT2D eigenvalue weighted by Crippen LogP contribution is -2.26. The number of pyridine rings is 1. The maximum Gasteiger partial charge on any atom is 0.318 e. The van der Waals surface area contributed by atoms with Crippen LogP contribution in [-0.4, -0.2) is 24.7 Å². The monoisotopic (exact) mass is 357 g/mol. The SMILES string of the molecule is CCOC(=O)C1(c2cccc(Cl)n2)CC1/C=C/c1ccc(OC)cc1. The first-order valence-electron chi connectivity index (χ1n) is 8.22. The Bertz CT molecular complexity index is 788. The summed E-state index contributed by atoms with van der Waals surface area (Å²) in [6.07, 6.45) is 4.72. The maximum absolute atomic E-state index is 12.6. The highest BCUT2D eigenvalue weighted by atomic mass is 35.5. The second kappa shape index (κ2) is 7.28. The smallest absolute Gasteiger partial charge is 0.318 e. The summed E-state index contributed by atoms with van der Waals surface area (Å²) in [5.74, 6) is 0.612. The molecule has 0 bridgehead atoms. The van der Waals surface area contributed by atoms with E-state index in [1.807, 2.05) is 55.5 Å². The molecule has 4 nitrogen and oxygen atoms in total. The third-order valence-corrected chi connectivity index (χ3v) is 4.67. The molecule has 1 aromatic carbocycles. The van der Waals surface area contributed by atoms with Gasteiger partial charge in [-0.05, 0) is 43.2 Å². The van der Waals surface area contributed by atoms with Crippen LogP contribution in [0, 0.1) is 5.92 Å². The zero-order valence-corrected chi connectivity index (χ0v) is 15.0. The van der Waals surface area contributed by atoms with Gasteiger partial charge in [-0.25, -0.2) is 4.98 Å². The molecule has 130 valence electrons. The van der Waals surface area contributed by atoms with Crippen molar-refractivity contribution in [1.29, 1.82) is 0 Å². The number of carbonyl (C=O) groups excluding carboxylic acids is 1. The molecule has 2 unspecified atom stereocenters. The van der Waals surface area contributed by atoms with Gasteiger partial charge in [0.15, 0.2) is 0 Å². The number of carbonyl (C=O) groups is 1. The van der Waals surface area contributed by atoms with Crippen molar-refractivity contribution >= 4 is 23.6 Å². The number of halogens is 1. The van der Waals surface area contributed by atoms with Gasteiger partial charge in [0.1, 0.15) is 16.3 Å². The fraction of sp³-hybridized carbons (Fsp3) is 0.300. The fourth-order valence-corrected chi connectivity index (χ4v) is 3.18. The minimum Gasteiger partial charge on any atom is -0.497 e. The summed E-state index contributed by atoms with van der Waals surface area (Å²) in [5.41, 5.74) is 0.983. The average molecular weight is 358 g/mol. The van der Waals surface area contributed by atoms with E-state index in [-0.39, 0.29) is 11.9 Å². The van der Waals surface area contributed by atoms with E-state index in [1.54, 1.807) is 13.2 Å². The first-order valence-corrected chi connectivity index (χ1v) is 8.60. The van der Waals surface area contributed by atoms with Crippen LogP contribution in [0.1, 0.15) is 24.6 Å². The average Bonchev–Trinajstić information content (AvgIpc) is 3.36. The number of benzene rings is 1. The fourth-order valence-electron chi connectivity index (χ4n) is 3.01. The highest BCUT2D eigenvalue weighted by Gasteiger charge is 2.62. The van der Waals surface area contributed by atoms with Gasteiger partial charge in [0.05, 0.1) is 19.4 Å². The van der Waals surface area contributed by atoms with Crippen LogP contribution in [0.5, 0.6) is 5.75 Å². The largest absolute Gasteiger partial charge is 0.497 e. The summed E-state index contributed by atoms with van der Waals surface area (Å²) in [5, 5.41) is 0.381. The highest BCUT2D eigenvalue weighted by molar-refractivity contribution is 6.29. The van der Waals surface area contributed by atoms with Gasteiger partial charge in [-0.3, -0.25) is 4.79 Å². The summed E-state index contributed by atoms with van der Waals surface area (Å²) >= 11 is 6.02. The number of rotatable bonds is 6. The van der Waals surface area contributed by atoms with Crippen LogP contribution in [0.25, 0.3) is 6.08 Å². The molecule has 2 atom stereocenters. The van der Waals surface area contributed by atoms with Crippen molar-refractivity contribution in [3.63, 3.8) is 0 Å². The Kier molecular flexibility index (Phi) is 5.09. The van der Waals surface area contributed by atoms with E-state index < -0.39 is 5.41 Å². The Morgan fingerprint density at radius 3 is 2.72 bits per heavy atom. The minimum absolute atomic E-state index is 0.0413. The predicted octanol–water partition coefficient (Wildman–Crippen LogP) is 4.28. The molecule has 1 aliphatic carbocycles. The molecule has 0 N–H and O–H groups in total. The van der Waals surface area contributed by atoms with E-state index in [0.717, 1.165) is 11.3 Å². The Hall–Kier alpha value is -2.33. The topological polar surface area (TPSA) is 48.4 Å². The van der Waals surface area contributed by atoms with E-state index in [0.29, 0.717) is 23.9 Å². The molecule has 1 fully saturated rings. The Balaban J connectivity index is 1.83. The lowest BCUT2D eigenvalue weighted by Gasteiger charge is -2.14. The van der Waals surface area contributed by atoms with E-state index in [4.69, 9.17) is 21.1 Å². The Morgan fingerprint density at radius 1 is 1.32 bits per heavy atom. The van der Waals surface area contributed by atoms with Crippen LogP contribution in [0.4, 0.5) is 0 Å². The van der Waals surface area contributed by atoms with Crippen molar-refractivity contribution in [2.75, 3.05) is 13.7 Å². The van der Waals surface area contributed by atoms with Gasteiger partial charge in [-0.2, -0.15) is 0 Å². The number of ether oxygens (including phenoxy) is 2. The van der Waals surface area contributed by atoms with E-state index in [1.165, 1.54) is 0 Å². The van der Waals surface area contributed by atoms with E-state index in [9.17, 15) is 4.79 Å². The molecule has 0 amide bonds. The Labute approximate surface area is 152 Å². The van der Waals surface area contributed by atoms with Crippen LogP contribution in [0.3, 0.4) is 0 Å². The number of allylic oxidation sites excluding steroid dienone is 1. The molecule has 3 rings (SSSR count). The first kappa shape index (κ1) is 17.5. The van der Waals surface area contributed by atoms with Crippen molar-refractivity contribution in [3.8, 4) is 5.75 Å². The summed E-state index contributed by atoms with van der Waals surface area (Å²) in [6, 6.07) is 13.1. The van der Waals surface area contributed by atoms with Crippen molar-refractivity contribution in [3.05, 3.63) is 65.0 Å². The van der Waals surface area contributed by atoms with Gasteiger partial charge in [-0.1, -0.05) is 42.0 Å². The molecule has 0 saturated heterocycles. The summed E-state index contributed by atoms with van der Waals surface area (Å²) in [4.78, 5) is 16.9. The molecule has 0 aliphatic heterocycles. The molecule has 25 heavy (non-hydrogen) atoms. The molecule has 1 aromatic heterocycles. The molecule has 1 aliphatic rings.